The van der Waals surface area contributed by atoms with Gasteiger partial charge < -0.3 is 0 Å². The van der Waals surface area contributed by atoms with E-state index in [-0.39, 0.29) is 5.82 Å². The van der Waals surface area contributed by atoms with E-state index in [1.807, 2.05) is 6.07 Å². The SMILES string of the molecule is Fc1ccccc1Cc1ncc(I)cn1. The van der Waals surface area contributed by atoms with Crippen LogP contribution in [0.15, 0.2) is 36.7 Å². The highest BCUT2D eigenvalue weighted by atomic mass is 127. The Morgan fingerprint density at radius 1 is 1.13 bits per heavy atom. The van der Waals surface area contributed by atoms with Gasteiger partial charge in [0.2, 0.25) is 0 Å². The molecule has 0 aliphatic rings. The van der Waals surface area contributed by atoms with Crippen LogP contribution >= 0.6 is 22.6 Å². The minimum atomic E-state index is -0.209. The number of hydrogen-bond donors (Lipinski definition) is 0. The molecule has 15 heavy (non-hydrogen) atoms. The predicted molar refractivity (Wildman–Crippen MR) is 64.0 cm³/mol. The second-order valence-electron chi connectivity index (χ2n) is 3.09. The Hall–Kier alpha value is -1.04. The van der Waals surface area contributed by atoms with E-state index in [0.717, 1.165) is 3.57 Å². The van der Waals surface area contributed by atoms with Crippen molar-refractivity contribution in [3.8, 4) is 0 Å². The monoisotopic (exact) mass is 314 g/mol. The Kier molecular flexibility index (Phi) is 3.25. The van der Waals surface area contributed by atoms with Gasteiger partial charge in [-0.05, 0) is 34.2 Å². The molecule has 0 amide bonds. The van der Waals surface area contributed by atoms with E-state index in [2.05, 4.69) is 32.6 Å². The van der Waals surface area contributed by atoms with Crippen LogP contribution in [0.25, 0.3) is 0 Å². The number of rotatable bonds is 2. The summed E-state index contributed by atoms with van der Waals surface area (Å²) in [6, 6.07) is 6.68. The van der Waals surface area contributed by atoms with Gasteiger partial charge in [-0.2, -0.15) is 0 Å². The smallest absolute Gasteiger partial charge is 0.132 e. The van der Waals surface area contributed by atoms with Gasteiger partial charge in [-0.3, -0.25) is 0 Å². The maximum Gasteiger partial charge on any atom is 0.132 e. The Balaban J connectivity index is 2.22. The summed E-state index contributed by atoms with van der Waals surface area (Å²) in [6.07, 6.45) is 3.89. The van der Waals surface area contributed by atoms with Gasteiger partial charge in [0.25, 0.3) is 0 Å². The Bertz CT molecular complexity index is 456. The summed E-state index contributed by atoms with van der Waals surface area (Å²) in [6.45, 7) is 0. The van der Waals surface area contributed by atoms with Crippen molar-refractivity contribution in [2.24, 2.45) is 0 Å². The topological polar surface area (TPSA) is 25.8 Å². The van der Waals surface area contributed by atoms with Crippen LogP contribution in [-0.2, 0) is 6.42 Å². The van der Waals surface area contributed by atoms with Gasteiger partial charge in [0.15, 0.2) is 0 Å². The molecule has 0 aliphatic carbocycles. The van der Waals surface area contributed by atoms with Crippen LogP contribution in [-0.4, -0.2) is 9.97 Å². The van der Waals surface area contributed by atoms with Crippen molar-refractivity contribution in [2.75, 3.05) is 0 Å². The molecule has 1 heterocycles. The molecule has 0 N–H and O–H groups in total. The van der Waals surface area contributed by atoms with E-state index in [9.17, 15) is 4.39 Å². The molecule has 0 radical (unpaired) electrons. The first-order valence-corrected chi connectivity index (χ1v) is 5.53. The molecule has 0 atom stereocenters. The van der Waals surface area contributed by atoms with Crippen LogP contribution in [0.2, 0.25) is 0 Å². The Morgan fingerprint density at radius 3 is 2.47 bits per heavy atom. The molecule has 2 aromatic rings. The molecule has 0 aliphatic heterocycles. The highest BCUT2D eigenvalue weighted by Crippen LogP contribution is 2.10. The van der Waals surface area contributed by atoms with Gasteiger partial charge in [-0.25, -0.2) is 14.4 Å². The van der Waals surface area contributed by atoms with E-state index in [0.29, 0.717) is 17.8 Å². The largest absolute Gasteiger partial charge is 0.240 e. The second-order valence-corrected chi connectivity index (χ2v) is 4.33. The van der Waals surface area contributed by atoms with E-state index in [1.165, 1.54) is 6.07 Å². The molecule has 1 aromatic heterocycles. The van der Waals surface area contributed by atoms with Crippen molar-refractivity contribution in [2.45, 2.75) is 6.42 Å². The number of halogens is 2. The molecule has 0 bridgehead atoms. The molecule has 4 heteroatoms. The summed E-state index contributed by atoms with van der Waals surface area (Å²) in [5.74, 6) is 0.431. The zero-order chi connectivity index (χ0) is 10.7. The van der Waals surface area contributed by atoms with Crippen LogP contribution in [0, 0.1) is 9.39 Å². The molecule has 0 unspecified atom stereocenters. The maximum atomic E-state index is 13.3. The van der Waals surface area contributed by atoms with Gasteiger partial charge in [-0.15, -0.1) is 0 Å². The van der Waals surface area contributed by atoms with Gasteiger partial charge in [-0.1, -0.05) is 18.2 Å². The normalized spacial score (nSPS) is 10.3. The van der Waals surface area contributed by atoms with Crippen molar-refractivity contribution >= 4 is 22.6 Å². The van der Waals surface area contributed by atoms with Crippen molar-refractivity contribution in [1.29, 1.82) is 0 Å². The summed E-state index contributed by atoms with van der Waals surface area (Å²) in [5, 5.41) is 0. The first-order chi connectivity index (χ1) is 7.25. The summed E-state index contributed by atoms with van der Waals surface area (Å²) in [4.78, 5) is 8.26. The van der Waals surface area contributed by atoms with E-state index < -0.39 is 0 Å². The average Bonchev–Trinajstić information content (AvgIpc) is 2.25. The van der Waals surface area contributed by atoms with E-state index in [1.54, 1.807) is 24.5 Å². The quantitative estimate of drug-likeness (QED) is 0.797. The fourth-order valence-corrected chi connectivity index (χ4v) is 1.52. The lowest BCUT2D eigenvalue weighted by atomic mass is 10.1. The molecule has 76 valence electrons. The van der Waals surface area contributed by atoms with E-state index in [4.69, 9.17) is 0 Å². The Labute approximate surface area is 101 Å². The molecule has 1 aromatic carbocycles. The van der Waals surface area contributed by atoms with Crippen molar-refractivity contribution < 1.29 is 4.39 Å². The third-order valence-corrected chi connectivity index (χ3v) is 2.54. The van der Waals surface area contributed by atoms with Gasteiger partial charge in [0, 0.05) is 22.4 Å². The number of benzene rings is 1. The van der Waals surface area contributed by atoms with Crippen LogP contribution in [0.3, 0.4) is 0 Å². The lowest BCUT2D eigenvalue weighted by Gasteiger charge is -2.01. The van der Waals surface area contributed by atoms with Crippen molar-refractivity contribution in [3.05, 3.63) is 57.4 Å². The zero-order valence-corrected chi connectivity index (χ0v) is 9.98. The minimum absolute atomic E-state index is 0.209. The highest BCUT2D eigenvalue weighted by Gasteiger charge is 2.03. The van der Waals surface area contributed by atoms with Gasteiger partial charge in [0.1, 0.15) is 11.6 Å². The van der Waals surface area contributed by atoms with Crippen LogP contribution in [0.5, 0.6) is 0 Å². The number of nitrogens with zero attached hydrogens (tertiary/aromatic N) is 2. The summed E-state index contributed by atoms with van der Waals surface area (Å²) in [7, 11) is 0. The van der Waals surface area contributed by atoms with Crippen LogP contribution < -0.4 is 0 Å². The highest BCUT2D eigenvalue weighted by molar-refractivity contribution is 14.1. The molecule has 0 saturated carbocycles. The molecule has 0 fully saturated rings. The first kappa shape index (κ1) is 10.5. The molecular weight excluding hydrogens is 306 g/mol. The molecule has 0 spiro atoms. The lowest BCUT2D eigenvalue weighted by molar-refractivity contribution is 0.612. The number of aromatic nitrogens is 2. The maximum absolute atomic E-state index is 13.3. The fraction of sp³-hybridized carbons (Fsp3) is 0.0909. The van der Waals surface area contributed by atoms with Crippen LogP contribution in [0.4, 0.5) is 4.39 Å². The summed E-state index contributed by atoms with van der Waals surface area (Å²) < 4.78 is 14.3. The van der Waals surface area contributed by atoms with Gasteiger partial charge in [0.05, 0.1) is 0 Å². The fourth-order valence-electron chi connectivity index (χ4n) is 1.24. The molecule has 0 saturated heterocycles. The van der Waals surface area contributed by atoms with Crippen molar-refractivity contribution in [3.63, 3.8) is 0 Å². The summed E-state index contributed by atoms with van der Waals surface area (Å²) in [5.41, 5.74) is 0.624. The standard InChI is InChI=1S/C11H8FIN2/c12-10-4-2-1-3-8(10)5-11-14-6-9(13)7-15-11/h1-4,6-7H,5H2. The molecule has 2 nitrogen and oxygen atoms in total. The minimum Gasteiger partial charge on any atom is -0.240 e. The van der Waals surface area contributed by atoms with Crippen molar-refractivity contribution in [1.82, 2.24) is 9.97 Å². The molecular formula is C11H8FIN2. The Morgan fingerprint density at radius 2 is 1.80 bits per heavy atom. The van der Waals surface area contributed by atoms with E-state index >= 15 is 0 Å². The first-order valence-electron chi connectivity index (χ1n) is 4.45. The summed E-state index contributed by atoms with van der Waals surface area (Å²) >= 11 is 2.14. The third-order valence-electron chi connectivity index (χ3n) is 1.98. The average molecular weight is 314 g/mol. The van der Waals surface area contributed by atoms with Gasteiger partial charge >= 0.3 is 0 Å². The second kappa shape index (κ2) is 4.65. The van der Waals surface area contributed by atoms with Crippen LogP contribution in [0.1, 0.15) is 11.4 Å². The number of hydrogen-bond acceptors (Lipinski definition) is 2. The third kappa shape index (κ3) is 2.71. The molecule has 2 rings (SSSR count). The predicted octanol–water partition coefficient (Wildman–Crippen LogP) is 2.81. The zero-order valence-electron chi connectivity index (χ0n) is 7.82. The lowest BCUT2D eigenvalue weighted by Crippen LogP contribution is -1.98.